The van der Waals surface area contributed by atoms with Gasteiger partial charge in [0.25, 0.3) is 0 Å². The van der Waals surface area contributed by atoms with Crippen molar-refractivity contribution in [2.75, 3.05) is 17.1 Å². The molecule has 0 saturated heterocycles. The summed E-state index contributed by atoms with van der Waals surface area (Å²) in [5, 5.41) is 2.67. The Hall–Kier alpha value is -2.86. The summed E-state index contributed by atoms with van der Waals surface area (Å²) in [7, 11) is -4.30. The second kappa shape index (κ2) is 13.2. The van der Waals surface area contributed by atoms with Crippen molar-refractivity contribution < 1.29 is 35.6 Å². The van der Waals surface area contributed by atoms with Crippen LogP contribution in [-0.4, -0.2) is 50.0 Å². The number of hydrogen-bond acceptors (Lipinski definition) is 4. The van der Waals surface area contributed by atoms with Gasteiger partial charge in [0, 0.05) is 12.6 Å². The van der Waals surface area contributed by atoms with Crippen LogP contribution < -0.4 is 9.62 Å². The van der Waals surface area contributed by atoms with Gasteiger partial charge in [-0.3, -0.25) is 13.9 Å². The average molecular weight is 606 g/mol. The van der Waals surface area contributed by atoms with Crippen LogP contribution in [0.15, 0.2) is 42.5 Å². The zero-order valence-corrected chi connectivity index (χ0v) is 23.8. The van der Waals surface area contributed by atoms with Crippen LogP contribution in [0.2, 0.25) is 5.02 Å². The largest absolute Gasteiger partial charge is 0.416 e. The number of amides is 2. The van der Waals surface area contributed by atoms with Crippen molar-refractivity contribution in [3.8, 4) is 0 Å². The molecular formula is C27H32ClF4N3O4S. The SMILES string of the molecule is CCC(C(=O)NC1CCCCC1)N(Cc1ccc(F)cc1)C(=O)CN(c1cc(C(F)(F)F)ccc1Cl)S(C)(=O)=O. The van der Waals surface area contributed by atoms with Gasteiger partial charge in [0.15, 0.2) is 0 Å². The zero-order valence-electron chi connectivity index (χ0n) is 22.2. The van der Waals surface area contributed by atoms with Gasteiger partial charge in [-0.05, 0) is 55.2 Å². The van der Waals surface area contributed by atoms with E-state index in [0.717, 1.165) is 44.4 Å². The zero-order chi connectivity index (χ0) is 29.7. The molecule has 0 aromatic heterocycles. The van der Waals surface area contributed by atoms with Crippen LogP contribution in [0, 0.1) is 5.82 Å². The molecule has 2 amide bonds. The Morgan fingerprint density at radius 3 is 2.25 bits per heavy atom. The van der Waals surface area contributed by atoms with E-state index in [-0.39, 0.29) is 24.0 Å². The van der Waals surface area contributed by atoms with E-state index in [0.29, 0.717) is 22.0 Å². The predicted molar refractivity (Wildman–Crippen MR) is 145 cm³/mol. The van der Waals surface area contributed by atoms with Crippen LogP contribution in [0.1, 0.15) is 56.6 Å². The highest BCUT2D eigenvalue weighted by molar-refractivity contribution is 7.92. The molecule has 1 saturated carbocycles. The third kappa shape index (κ3) is 8.33. The Bertz CT molecular complexity index is 1300. The van der Waals surface area contributed by atoms with Gasteiger partial charge >= 0.3 is 6.18 Å². The van der Waals surface area contributed by atoms with Gasteiger partial charge in [-0.25, -0.2) is 12.8 Å². The van der Waals surface area contributed by atoms with Gasteiger partial charge in [0.1, 0.15) is 18.4 Å². The first-order valence-electron chi connectivity index (χ1n) is 12.9. The maximum absolute atomic E-state index is 13.7. The van der Waals surface area contributed by atoms with Gasteiger partial charge in [-0.15, -0.1) is 0 Å². The molecule has 1 unspecified atom stereocenters. The van der Waals surface area contributed by atoms with E-state index >= 15 is 0 Å². The first-order chi connectivity index (χ1) is 18.7. The summed E-state index contributed by atoms with van der Waals surface area (Å²) < 4.78 is 79.7. The van der Waals surface area contributed by atoms with E-state index < -0.39 is 57.7 Å². The molecule has 0 spiro atoms. The molecule has 2 aromatic rings. The lowest BCUT2D eigenvalue weighted by Crippen LogP contribution is -2.54. The number of rotatable bonds is 10. The molecule has 1 N–H and O–H groups in total. The van der Waals surface area contributed by atoms with Crippen LogP contribution in [0.5, 0.6) is 0 Å². The number of nitrogens with one attached hydrogen (secondary N) is 1. The number of benzene rings is 2. The number of anilines is 1. The number of carbonyl (C=O) groups is 2. The second-order valence-corrected chi connectivity index (χ2v) is 12.2. The first kappa shape index (κ1) is 31.7. The van der Waals surface area contributed by atoms with Crippen molar-refractivity contribution >= 4 is 39.1 Å². The summed E-state index contributed by atoms with van der Waals surface area (Å²) in [5.74, 6) is -1.77. The normalized spacial score (nSPS) is 15.4. The Balaban J connectivity index is 1.98. The molecule has 2 aromatic carbocycles. The molecule has 1 aliphatic rings. The second-order valence-electron chi connectivity index (χ2n) is 9.85. The number of hydrogen-bond donors (Lipinski definition) is 1. The van der Waals surface area contributed by atoms with Gasteiger partial charge in [-0.1, -0.05) is 49.9 Å². The van der Waals surface area contributed by atoms with Crippen LogP contribution >= 0.6 is 11.6 Å². The summed E-state index contributed by atoms with van der Waals surface area (Å²) in [5.41, 5.74) is -1.19. The summed E-state index contributed by atoms with van der Waals surface area (Å²) >= 11 is 6.11. The molecule has 40 heavy (non-hydrogen) atoms. The Morgan fingerprint density at radius 2 is 1.70 bits per heavy atom. The van der Waals surface area contributed by atoms with Gasteiger partial charge in [-0.2, -0.15) is 13.2 Å². The number of carbonyl (C=O) groups excluding carboxylic acids is 2. The van der Waals surface area contributed by atoms with E-state index in [1.165, 1.54) is 29.2 Å². The van der Waals surface area contributed by atoms with Crippen LogP contribution in [0.3, 0.4) is 0 Å². The highest BCUT2D eigenvalue weighted by atomic mass is 35.5. The lowest BCUT2D eigenvalue weighted by Gasteiger charge is -2.34. The molecule has 0 aliphatic heterocycles. The number of halogens is 5. The van der Waals surface area contributed by atoms with Gasteiger partial charge in [0.05, 0.1) is 22.5 Å². The predicted octanol–water partition coefficient (Wildman–Crippen LogP) is 5.52. The van der Waals surface area contributed by atoms with Crippen molar-refractivity contribution in [1.82, 2.24) is 10.2 Å². The standard InChI is InChI=1S/C27H32ClF4N3O4S/c1-3-23(26(37)33-21-7-5-4-6-8-21)34(16-18-9-12-20(29)13-10-18)25(36)17-35(40(2,38)39)24-15-19(27(30,31)32)11-14-22(24)28/h9-15,21,23H,3-8,16-17H2,1-2H3,(H,33,37). The topological polar surface area (TPSA) is 86.8 Å². The minimum Gasteiger partial charge on any atom is -0.352 e. The Labute approximate surface area is 236 Å². The van der Waals surface area contributed by atoms with Crippen molar-refractivity contribution in [2.45, 2.75) is 70.3 Å². The minimum absolute atomic E-state index is 0.0606. The smallest absolute Gasteiger partial charge is 0.352 e. The third-order valence-corrected chi connectivity index (χ3v) is 8.27. The summed E-state index contributed by atoms with van der Waals surface area (Å²) in [6.45, 7) is 0.617. The highest BCUT2D eigenvalue weighted by Gasteiger charge is 2.35. The molecule has 3 rings (SSSR count). The molecule has 0 bridgehead atoms. The molecule has 1 fully saturated rings. The van der Waals surface area contributed by atoms with Crippen molar-refractivity contribution in [2.24, 2.45) is 0 Å². The maximum Gasteiger partial charge on any atom is 0.416 e. The van der Waals surface area contributed by atoms with E-state index in [2.05, 4.69) is 5.32 Å². The quantitative estimate of drug-likeness (QED) is 0.361. The Kier molecular flexibility index (Phi) is 10.5. The Morgan fingerprint density at radius 1 is 1.07 bits per heavy atom. The molecule has 13 heteroatoms. The van der Waals surface area contributed by atoms with Crippen LogP contribution in [0.25, 0.3) is 0 Å². The fourth-order valence-electron chi connectivity index (χ4n) is 4.73. The molecule has 220 valence electrons. The fraction of sp³-hybridized carbons (Fsp3) is 0.481. The number of sulfonamides is 1. The third-order valence-electron chi connectivity index (χ3n) is 6.82. The minimum atomic E-state index is -4.79. The lowest BCUT2D eigenvalue weighted by molar-refractivity contribution is -0.140. The monoisotopic (exact) mass is 605 g/mol. The number of nitrogens with zero attached hydrogens (tertiary/aromatic N) is 2. The van der Waals surface area contributed by atoms with E-state index in [9.17, 15) is 35.6 Å². The van der Waals surface area contributed by atoms with Gasteiger partial charge in [0.2, 0.25) is 21.8 Å². The van der Waals surface area contributed by atoms with Gasteiger partial charge < -0.3 is 10.2 Å². The summed E-state index contributed by atoms with van der Waals surface area (Å²) in [4.78, 5) is 28.3. The summed E-state index contributed by atoms with van der Waals surface area (Å²) in [6, 6.07) is 6.33. The van der Waals surface area contributed by atoms with Crippen molar-refractivity contribution in [3.63, 3.8) is 0 Å². The van der Waals surface area contributed by atoms with E-state index in [1.807, 2.05) is 0 Å². The first-order valence-corrected chi connectivity index (χ1v) is 15.1. The summed E-state index contributed by atoms with van der Waals surface area (Å²) in [6.07, 6.45) is 0.711. The average Bonchev–Trinajstić information content (AvgIpc) is 2.88. The maximum atomic E-state index is 13.7. The molecule has 1 atom stereocenters. The van der Waals surface area contributed by atoms with Crippen molar-refractivity contribution in [3.05, 3.63) is 64.4 Å². The molecular weight excluding hydrogens is 574 g/mol. The van der Waals surface area contributed by atoms with Crippen molar-refractivity contribution in [1.29, 1.82) is 0 Å². The molecule has 0 heterocycles. The molecule has 1 aliphatic carbocycles. The van der Waals surface area contributed by atoms with E-state index in [4.69, 9.17) is 11.6 Å². The number of alkyl halides is 3. The highest BCUT2D eigenvalue weighted by Crippen LogP contribution is 2.36. The fourth-order valence-corrected chi connectivity index (χ4v) is 5.85. The lowest BCUT2D eigenvalue weighted by atomic mass is 9.95. The van der Waals surface area contributed by atoms with Crippen LogP contribution in [0.4, 0.5) is 23.2 Å². The van der Waals surface area contributed by atoms with E-state index in [1.54, 1.807) is 6.92 Å². The van der Waals surface area contributed by atoms with Crippen LogP contribution in [-0.2, 0) is 32.3 Å². The molecule has 0 radical (unpaired) electrons. The molecule has 7 nitrogen and oxygen atoms in total.